The molecule has 0 bridgehead atoms. The average Bonchev–Trinajstić information content (AvgIpc) is 2.24. The van der Waals surface area contributed by atoms with Gasteiger partial charge in [-0.15, -0.1) is 0 Å². The summed E-state index contributed by atoms with van der Waals surface area (Å²) in [5.41, 5.74) is 6.63. The number of halogens is 1. The van der Waals surface area contributed by atoms with Gasteiger partial charge in [0.15, 0.2) is 0 Å². The van der Waals surface area contributed by atoms with E-state index in [0.29, 0.717) is 0 Å². The van der Waals surface area contributed by atoms with Gasteiger partial charge in [0.05, 0.1) is 4.47 Å². The Morgan fingerprint density at radius 1 is 1.40 bits per heavy atom. The number of nitrogens with two attached hydrogens (primary N) is 1. The first-order valence-electron chi connectivity index (χ1n) is 5.30. The Bertz CT molecular complexity index is 302. The zero-order valence-electron chi connectivity index (χ0n) is 9.09. The second-order valence-corrected chi connectivity index (χ2v) is 4.36. The van der Waals surface area contributed by atoms with Gasteiger partial charge in [0, 0.05) is 12.7 Å². The highest BCUT2D eigenvalue weighted by Crippen LogP contribution is 2.23. The predicted octanol–water partition coefficient (Wildman–Crippen LogP) is 2.69. The molecule has 0 aromatic carbocycles. The molecule has 0 unspecified atom stereocenters. The van der Waals surface area contributed by atoms with Gasteiger partial charge in [-0.05, 0) is 53.9 Å². The first-order chi connectivity index (χ1) is 7.25. The van der Waals surface area contributed by atoms with Crippen molar-refractivity contribution in [3.05, 3.63) is 22.3 Å². The highest BCUT2D eigenvalue weighted by Gasteiger charge is 2.02. The van der Waals surface area contributed by atoms with Crippen LogP contribution in [0.15, 0.2) is 16.7 Å². The van der Waals surface area contributed by atoms with Gasteiger partial charge in [0.25, 0.3) is 0 Å². The molecule has 4 heteroatoms. The van der Waals surface area contributed by atoms with Gasteiger partial charge in [-0.25, -0.2) is 4.98 Å². The molecule has 1 heterocycles. The van der Waals surface area contributed by atoms with Crippen LogP contribution >= 0.6 is 15.9 Å². The van der Waals surface area contributed by atoms with Crippen molar-refractivity contribution in [1.29, 1.82) is 0 Å². The summed E-state index contributed by atoms with van der Waals surface area (Å²) in [7, 11) is 0. The highest BCUT2D eigenvalue weighted by atomic mass is 79.9. The molecule has 84 valence electrons. The Morgan fingerprint density at radius 2 is 2.20 bits per heavy atom. The Kier molecular flexibility index (Phi) is 5.65. The zero-order chi connectivity index (χ0) is 11.1. The van der Waals surface area contributed by atoms with Crippen LogP contribution in [0.3, 0.4) is 0 Å². The molecule has 3 nitrogen and oxygen atoms in total. The summed E-state index contributed by atoms with van der Waals surface area (Å²) in [6, 6.07) is 1.99. The first kappa shape index (κ1) is 12.5. The van der Waals surface area contributed by atoms with Crippen molar-refractivity contribution in [2.75, 3.05) is 18.4 Å². The standard InChI is InChI=1S/C11H18BrN3/c1-9-5-8-15-11(10(9)12)14-7-4-2-3-6-13/h5,8H,2-4,6-7,13H2,1H3,(H,14,15). The SMILES string of the molecule is Cc1ccnc(NCCCCCN)c1Br. The molecule has 0 aliphatic carbocycles. The van der Waals surface area contributed by atoms with Crippen molar-refractivity contribution in [2.45, 2.75) is 26.2 Å². The van der Waals surface area contributed by atoms with Gasteiger partial charge in [-0.1, -0.05) is 6.42 Å². The fourth-order valence-corrected chi connectivity index (χ4v) is 1.69. The van der Waals surface area contributed by atoms with E-state index in [1.165, 1.54) is 12.0 Å². The molecule has 15 heavy (non-hydrogen) atoms. The minimum atomic E-state index is 0.784. The summed E-state index contributed by atoms with van der Waals surface area (Å²) in [4.78, 5) is 4.27. The Morgan fingerprint density at radius 3 is 2.93 bits per heavy atom. The lowest BCUT2D eigenvalue weighted by molar-refractivity contribution is 0.706. The number of rotatable bonds is 6. The fraction of sp³-hybridized carbons (Fsp3) is 0.545. The third-order valence-corrected chi connectivity index (χ3v) is 3.26. The van der Waals surface area contributed by atoms with E-state index in [1.807, 2.05) is 12.3 Å². The second kappa shape index (κ2) is 6.80. The maximum Gasteiger partial charge on any atom is 0.140 e. The van der Waals surface area contributed by atoms with E-state index >= 15 is 0 Å². The van der Waals surface area contributed by atoms with E-state index in [2.05, 4.69) is 33.2 Å². The molecular weight excluding hydrogens is 254 g/mol. The van der Waals surface area contributed by atoms with Crippen LogP contribution < -0.4 is 11.1 Å². The molecule has 0 radical (unpaired) electrons. The third-order valence-electron chi connectivity index (χ3n) is 2.26. The summed E-state index contributed by atoms with van der Waals surface area (Å²) < 4.78 is 1.06. The molecule has 1 aromatic heterocycles. The molecule has 0 aliphatic rings. The van der Waals surface area contributed by atoms with Gasteiger partial charge < -0.3 is 11.1 Å². The number of hydrogen-bond donors (Lipinski definition) is 2. The van der Waals surface area contributed by atoms with Crippen molar-refractivity contribution in [2.24, 2.45) is 5.73 Å². The summed E-state index contributed by atoms with van der Waals surface area (Å²) in [6.45, 7) is 3.80. The lowest BCUT2D eigenvalue weighted by Gasteiger charge is -2.08. The van der Waals surface area contributed by atoms with Gasteiger partial charge in [-0.2, -0.15) is 0 Å². The summed E-state index contributed by atoms with van der Waals surface area (Å²) in [6.07, 6.45) is 5.23. The molecule has 0 atom stereocenters. The van der Waals surface area contributed by atoms with Crippen LogP contribution in [0.4, 0.5) is 5.82 Å². The van der Waals surface area contributed by atoms with E-state index in [4.69, 9.17) is 5.73 Å². The molecule has 0 saturated heterocycles. The minimum absolute atomic E-state index is 0.784. The smallest absolute Gasteiger partial charge is 0.140 e. The van der Waals surface area contributed by atoms with Gasteiger partial charge in [0.1, 0.15) is 5.82 Å². The van der Waals surface area contributed by atoms with Crippen molar-refractivity contribution in [1.82, 2.24) is 4.98 Å². The van der Waals surface area contributed by atoms with E-state index in [-0.39, 0.29) is 0 Å². The van der Waals surface area contributed by atoms with Crippen molar-refractivity contribution in [3.63, 3.8) is 0 Å². The minimum Gasteiger partial charge on any atom is -0.369 e. The van der Waals surface area contributed by atoms with Gasteiger partial charge in [-0.3, -0.25) is 0 Å². The van der Waals surface area contributed by atoms with Crippen LogP contribution in [0.1, 0.15) is 24.8 Å². The highest BCUT2D eigenvalue weighted by molar-refractivity contribution is 9.10. The van der Waals surface area contributed by atoms with Gasteiger partial charge >= 0.3 is 0 Å². The summed E-state index contributed by atoms with van der Waals surface area (Å²) in [5.74, 6) is 0.933. The van der Waals surface area contributed by atoms with Crippen LogP contribution in [-0.4, -0.2) is 18.1 Å². The molecule has 0 amide bonds. The molecule has 1 aromatic rings. The van der Waals surface area contributed by atoms with Crippen LogP contribution in [0.25, 0.3) is 0 Å². The number of hydrogen-bond acceptors (Lipinski definition) is 3. The molecule has 0 aliphatic heterocycles. The number of aryl methyl sites for hydroxylation is 1. The number of unbranched alkanes of at least 4 members (excludes halogenated alkanes) is 2. The van der Waals surface area contributed by atoms with E-state index in [0.717, 1.165) is 36.2 Å². The molecule has 1 rings (SSSR count). The number of pyridine rings is 1. The number of nitrogens with zero attached hydrogens (tertiary/aromatic N) is 1. The van der Waals surface area contributed by atoms with E-state index in [9.17, 15) is 0 Å². The third kappa shape index (κ3) is 4.18. The zero-order valence-corrected chi connectivity index (χ0v) is 10.7. The predicted molar refractivity (Wildman–Crippen MR) is 68.1 cm³/mol. The fourth-order valence-electron chi connectivity index (χ4n) is 1.32. The van der Waals surface area contributed by atoms with Crippen molar-refractivity contribution in [3.8, 4) is 0 Å². The molecular formula is C11H18BrN3. The topological polar surface area (TPSA) is 50.9 Å². The Hall–Kier alpha value is -0.610. The number of aromatic nitrogens is 1. The number of nitrogens with one attached hydrogen (secondary N) is 1. The van der Waals surface area contributed by atoms with Crippen LogP contribution in [-0.2, 0) is 0 Å². The molecule has 0 spiro atoms. The van der Waals surface area contributed by atoms with Crippen molar-refractivity contribution >= 4 is 21.7 Å². The monoisotopic (exact) mass is 271 g/mol. The Labute approximate surface area is 99.6 Å². The summed E-state index contributed by atoms with van der Waals surface area (Å²) >= 11 is 3.52. The first-order valence-corrected chi connectivity index (χ1v) is 6.10. The van der Waals surface area contributed by atoms with Crippen molar-refractivity contribution < 1.29 is 0 Å². The molecule has 0 saturated carbocycles. The largest absolute Gasteiger partial charge is 0.369 e. The maximum atomic E-state index is 5.43. The molecule has 0 fully saturated rings. The summed E-state index contributed by atoms with van der Waals surface area (Å²) in [5, 5.41) is 3.31. The van der Waals surface area contributed by atoms with Gasteiger partial charge in [0.2, 0.25) is 0 Å². The average molecular weight is 272 g/mol. The Balaban J connectivity index is 2.34. The normalized spacial score (nSPS) is 10.3. The lowest BCUT2D eigenvalue weighted by Crippen LogP contribution is -2.05. The maximum absolute atomic E-state index is 5.43. The quantitative estimate of drug-likeness (QED) is 0.783. The van der Waals surface area contributed by atoms with Crippen LogP contribution in [0.5, 0.6) is 0 Å². The number of anilines is 1. The van der Waals surface area contributed by atoms with Crippen LogP contribution in [0, 0.1) is 6.92 Å². The van der Waals surface area contributed by atoms with E-state index in [1.54, 1.807) is 0 Å². The van der Waals surface area contributed by atoms with E-state index < -0.39 is 0 Å². The van der Waals surface area contributed by atoms with Crippen LogP contribution in [0.2, 0.25) is 0 Å². The lowest BCUT2D eigenvalue weighted by atomic mass is 10.2. The second-order valence-electron chi connectivity index (χ2n) is 3.57. The molecule has 3 N–H and O–H groups in total.